The summed E-state index contributed by atoms with van der Waals surface area (Å²) in [7, 11) is 0.581. The minimum atomic E-state index is -0.437. The van der Waals surface area contributed by atoms with E-state index in [9.17, 15) is 4.39 Å². The second-order valence-electron chi connectivity index (χ2n) is 2.31. The number of hydrogen-bond acceptors (Lipinski definition) is 2. The summed E-state index contributed by atoms with van der Waals surface area (Å²) in [6, 6.07) is 0. The summed E-state index contributed by atoms with van der Waals surface area (Å²) >= 11 is 2.09. The summed E-state index contributed by atoms with van der Waals surface area (Å²) in [6.07, 6.45) is 0. The van der Waals surface area contributed by atoms with Crippen molar-refractivity contribution in [1.82, 2.24) is 10.2 Å². The number of aryl methyl sites for hydroxylation is 1. The summed E-state index contributed by atoms with van der Waals surface area (Å²) in [5, 5.41) is 8.82. The maximum Gasteiger partial charge on any atom is 0.123 e. The van der Waals surface area contributed by atoms with Gasteiger partial charge >= 0.3 is 0 Å². The third kappa shape index (κ3) is 1.82. The zero-order valence-electron chi connectivity index (χ0n) is 6.86. The Morgan fingerprint density at radius 3 is 2.58 bits per heavy atom. The van der Waals surface area contributed by atoms with E-state index in [1.54, 1.807) is 6.92 Å². The first-order valence-electron chi connectivity index (χ1n) is 3.46. The quantitative estimate of drug-likeness (QED) is 0.606. The minimum Gasteiger partial charge on any atom is -0.246 e. The Labute approximate surface area is 86.9 Å². The highest BCUT2D eigenvalue weighted by Gasteiger charge is 2.10. The Bertz CT molecular complexity index is 264. The molecule has 2 radical (unpaired) electrons. The molecule has 0 fully saturated rings. The molecule has 5 heteroatoms. The van der Waals surface area contributed by atoms with Gasteiger partial charge in [-0.1, -0.05) is 6.55 Å². The molecule has 0 saturated carbocycles. The molecule has 0 saturated heterocycles. The Morgan fingerprint density at radius 1 is 1.50 bits per heavy atom. The topological polar surface area (TPSA) is 25.8 Å². The number of halogens is 2. The molecule has 1 heterocycles. The van der Waals surface area contributed by atoms with Crippen LogP contribution < -0.4 is 5.19 Å². The van der Waals surface area contributed by atoms with Gasteiger partial charge in [0.15, 0.2) is 0 Å². The molecule has 2 nitrogen and oxygen atoms in total. The van der Waals surface area contributed by atoms with Crippen molar-refractivity contribution in [2.75, 3.05) is 0 Å². The molecule has 0 amide bonds. The van der Waals surface area contributed by atoms with E-state index in [-0.39, 0.29) is 0 Å². The van der Waals surface area contributed by atoms with Crippen LogP contribution in [0.5, 0.6) is 0 Å². The van der Waals surface area contributed by atoms with E-state index in [0.717, 1.165) is 14.5 Å². The van der Waals surface area contributed by atoms with Crippen molar-refractivity contribution in [1.29, 1.82) is 0 Å². The molecule has 0 aliphatic carbocycles. The number of rotatable bonds is 2. The molecular weight excluding hydrogens is 286 g/mol. The maximum atomic E-state index is 12.5. The molecule has 0 atom stereocenters. The van der Waals surface area contributed by atoms with Gasteiger partial charge in [-0.3, -0.25) is 0 Å². The molecular formula is C7H8FIN2Si. The summed E-state index contributed by atoms with van der Waals surface area (Å²) in [4.78, 5) is 0. The van der Waals surface area contributed by atoms with Crippen molar-refractivity contribution in [3.05, 3.63) is 15.0 Å². The third-order valence-electron chi connectivity index (χ3n) is 1.62. The first kappa shape index (κ1) is 10.0. The van der Waals surface area contributed by atoms with Crippen LogP contribution in [0.3, 0.4) is 0 Å². The van der Waals surface area contributed by atoms with Crippen LogP contribution in [-0.2, 0) is 6.67 Å². The second kappa shape index (κ2) is 4.27. The summed E-state index contributed by atoms with van der Waals surface area (Å²) < 4.78 is 13.4. The molecule has 1 aromatic rings. The van der Waals surface area contributed by atoms with Gasteiger partial charge in [0, 0.05) is 5.56 Å². The standard InChI is InChI=1S/C7H8FIN2Si/c1-4-5(3-8)6(12-2)7(9)11-10-4/h3H2,1-2H3. The van der Waals surface area contributed by atoms with Crippen molar-refractivity contribution < 1.29 is 4.39 Å². The number of nitrogens with zero attached hydrogens (tertiary/aromatic N) is 2. The van der Waals surface area contributed by atoms with Crippen LogP contribution >= 0.6 is 22.6 Å². The van der Waals surface area contributed by atoms with Crippen molar-refractivity contribution in [2.24, 2.45) is 0 Å². The minimum absolute atomic E-state index is 0.437. The van der Waals surface area contributed by atoms with Crippen LogP contribution in [0.15, 0.2) is 0 Å². The van der Waals surface area contributed by atoms with Crippen LogP contribution in [0.4, 0.5) is 4.39 Å². The van der Waals surface area contributed by atoms with E-state index in [2.05, 4.69) is 32.8 Å². The van der Waals surface area contributed by atoms with E-state index >= 15 is 0 Å². The molecule has 0 aromatic carbocycles. The summed E-state index contributed by atoms with van der Waals surface area (Å²) in [5.41, 5.74) is 1.43. The summed E-state index contributed by atoms with van der Waals surface area (Å²) in [6.45, 7) is 3.38. The Hall–Kier alpha value is -0.0431. The van der Waals surface area contributed by atoms with Gasteiger partial charge in [0.2, 0.25) is 0 Å². The van der Waals surface area contributed by atoms with Crippen LogP contribution in [-0.4, -0.2) is 19.7 Å². The van der Waals surface area contributed by atoms with Crippen molar-refractivity contribution in [2.45, 2.75) is 20.1 Å². The molecule has 64 valence electrons. The molecule has 0 bridgehead atoms. The third-order valence-corrected chi connectivity index (χ3v) is 3.92. The SMILES string of the molecule is C[Si]c1c(I)nnc(C)c1CF. The van der Waals surface area contributed by atoms with Crippen molar-refractivity contribution in [3.8, 4) is 0 Å². The fourth-order valence-electron chi connectivity index (χ4n) is 0.952. The first-order chi connectivity index (χ1) is 5.70. The fourth-order valence-corrected chi connectivity index (χ4v) is 3.00. The Kier molecular flexibility index (Phi) is 3.57. The lowest BCUT2D eigenvalue weighted by Gasteiger charge is -2.06. The average molecular weight is 294 g/mol. The molecule has 12 heavy (non-hydrogen) atoms. The van der Waals surface area contributed by atoms with Gasteiger partial charge in [-0.15, -0.1) is 5.10 Å². The maximum absolute atomic E-state index is 12.5. The second-order valence-corrected chi connectivity index (χ2v) is 4.34. The lowest BCUT2D eigenvalue weighted by Crippen LogP contribution is -2.24. The molecule has 1 aromatic heterocycles. The molecule has 0 aliphatic heterocycles. The van der Waals surface area contributed by atoms with Gasteiger partial charge in [0.05, 0.1) is 15.2 Å². The number of alkyl halides is 1. The van der Waals surface area contributed by atoms with E-state index in [0.29, 0.717) is 15.2 Å². The molecule has 0 N–H and O–H groups in total. The van der Waals surface area contributed by atoms with E-state index in [1.807, 2.05) is 6.55 Å². The molecule has 0 spiro atoms. The normalized spacial score (nSPS) is 10.3. The lowest BCUT2D eigenvalue weighted by atomic mass is 10.2. The first-order valence-corrected chi connectivity index (χ1v) is 6.04. The van der Waals surface area contributed by atoms with Gasteiger partial charge in [-0.05, 0) is 34.7 Å². The monoisotopic (exact) mass is 294 g/mol. The summed E-state index contributed by atoms with van der Waals surface area (Å²) in [5.74, 6) is 0. The number of aromatic nitrogens is 2. The smallest absolute Gasteiger partial charge is 0.123 e. The van der Waals surface area contributed by atoms with Gasteiger partial charge in [-0.2, -0.15) is 5.10 Å². The van der Waals surface area contributed by atoms with Gasteiger partial charge in [0.25, 0.3) is 0 Å². The Morgan fingerprint density at radius 2 is 2.17 bits per heavy atom. The fraction of sp³-hybridized carbons (Fsp3) is 0.429. The zero-order valence-corrected chi connectivity index (χ0v) is 10.0. The van der Waals surface area contributed by atoms with Crippen molar-refractivity contribution in [3.63, 3.8) is 0 Å². The predicted molar refractivity (Wildman–Crippen MR) is 55.6 cm³/mol. The van der Waals surface area contributed by atoms with Crippen LogP contribution in [0.25, 0.3) is 0 Å². The Balaban J connectivity index is 3.28. The van der Waals surface area contributed by atoms with Gasteiger partial charge < -0.3 is 0 Å². The molecule has 1 rings (SSSR count). The molecule has 0 unspecified atom stereocenters. The van der Waals surface area contributed by atoms with E-state index < -0.39 is 6.67 Å². The predicted octanol–water partition coefficient (Wildman–Crippen LogP) is 1.24. The highest BCUT2D eigenvalue weighted by Crippen LogP contribution is 2.06. The van der Waals surface area contributed by atoms with Crippen LogP contribution in [0.1, 0.15) is 11.3 Å². The highest BCUT2D eigenvalue weighted by atomic mass is 127. The average Bonchev–Trinajstić information content (AvgIpc) is 2.08. The molecule has 0 aliphatic rings. The van der Waals surface area contributed by atoms with E-state index in [1.165, 1.54) is 0 Å². The largest absolute Gasteiger partial charge is 0.246 e. The van der Waals surface area contributed by atoms with Crippen LogP contribution in [0, 0.1) is 10.6 Å². The lowest BCUT2D eigenvalue weighted by molar-refractivity contribution is 0.483. The number of hydrogen-bond donors (Lipinski definition) is 0. The van der Waals surface area contributed by atoms with Gasteiger partial charge in [-0.25, -0.2) is 4.39 Å². The highest BCUT2D eigenvalue weighted by molar-refractivity contribution is 14.1. The zero-order chi connectivity index (χ0) is 9.14. The van der Waals surface area contributed by atoms with Crippen molar-refractivity contribution >= 4 is 37.3 Å². The van der Waals surface area contributed by atoms with E-state index in [4.69, 9.17) is 0 Å². The van der Waals surface area contributed by atoms with Gasteiger partial charge in [0.1, 0.15) is 10.4 Å². The van der Waals surface area contributed by atoms with Crippen LogP contribution in [0.2, 0.25) is 6.55 Å².